The number of hydrogen-bond acceptors (Lipinski definition) is 5. The largest absolute Gasteiger partial charge is 0.458 e. The fourth-order valence-corrected chi connectivity index (χ4v) is 2.80. The highest BCUT2D eigenvalue weighted by atomic mass is 17.1. The molecule has 2 N–H and O–H groups in total. The maximum atomic E-state index is 11.7. The molecule has 0 saturated carbocycles. The first-order chi connectivity index (χ1) is 9.43. The van der Waals surface area contributed by atoms with E-state index in [1.54, 1.807) is 6.08 Å². The van der Waals surface area contributed by atoms with Crippen molar-refractivity contribution in [3.8, 4) is 0 Å². The fraction of sp³-hybridized carbons (Fsp3) is 0.533. The van der Waals surface area contributed by atoms with Gasteiger partial charge in [-0.25, -0.2) is 9.68 Å². The van der Waals surface area contributed by atoms with E-state index in [0.29, 0.717) is 24.8 Å². The van der Waals surface area contributed by atoms with Crippen LogP contribution in [-0.2, 0) is 14.4 Å². The third-order valence-corrected chi connectivity index (χ3v) is 3.99. The van der Waals surface area contributed by atoms with Gasteiger partial charge in [0.2, 0.25) is 0 Å². The highest BCUT2D eigenvalue weighted by molar-refractivity contribution is 5.91. The standard InChI is InChI=1S/C15H20O5/c1-8-4-5-12(20-18)9(2)7-13-14(11(16)6-8)10(3)15(17)19-13/h6,11-14,16,18H,2-5,7H2,1H3/b8-6+/t11-,12-,13+,14+/m1/s1. The Morgan fingerprint density at radius 2 is 2.15 bits per heavy atom. The van der Waals surface area contributed by atoms with Gasteiger partial charge in [-0.15, -0.1) is 0 Å². The van der Waals surface area contributed by atoms with Crippen LogP contribution in [0.4, 0.5) is 0 Å². The second-order valence-corrected chi connectivity index (χ2v) is 5.49. The van der Waals surface area contributed by atoms with E-state index in [0.717, 1.165) is 5.57 Å². The monoisotopic (exact) mass is 280 g/mol. The number of fused-ring (bicyclic) bond motifs is 1. The van der Waals surface area contributed by atoms with Crippen LogP contribution < -0.4 is 0 Å². The maximum Gasteiger partial charge on any atom is 0.334 e. The predicted molar refractivity (Wildman–Crippen MR) is 72.8 cm³/mol. The number of hydrogen-bond donors (Lipinski definition) is 2. The predicted octanol–water partition coefficient (Wildman–Crippen LogP) is 1.99. The molecule has 0 aromatic heterocycles. The summed E-state index contributed by atoms with van der Waals surface area (Å²) in [7, 11) is 0. The average Bonchev–Trinajstić information content (AvgIpc) is 2.64. The quantitative estimate of drug-likeness (QED) is 0.252. The minimum atomic E-state index is -0.807. The third kappa shape index (κ3) is 2.85. The lowest BCUT2D eigenvalue weighted by atomic mass is 9.84. The van der Waals surface area contributed by atoms with E-state index < -0.39 is 30.2 Å². The van der Waals surface area contributed by atoms with Gasteiger partial charge in [0.15, 0.2) is 0 Å². The first kappa shape index (κ1) is 15.0. The molecule has 0 radical (unpaired) electrons. The molecule has 0 aromatic carbocycles. The molecule has 1 heterocycles. The summed E-state index contributed by atoms with van der Waals surface area (Å²) < 4.78 is 5.25. The van der Waals surface area contributed by atoms with Gasteiger partial charge in [0.25, 0.3) is 0 Å². The van der Waals surface area contributed by atoms with E-state index in [9.17, 15) is 9.90 Å². The SMILES string of the molecule is C=C1C(=O)O[C@H]2CC(=C)[C@H](OO)CC/C(C)=C/[C@@H](O)[C@H]12. The molecule has 1 saturated heterocycles. The molecule has 1 aliphatic carbocycles. The van der Waals surface area contributed by atoms with Crippen molar-refractivity contribution in [3.63, 3.8) is 0 Å². The first-order valence-corrected chi connectivity index (χ1v) is 6.67. The number of carbonyl (C=O) groups is 1. The smallest absolute Gasteiger partial charge is 0.334 e. The van der Waals surface area contributed by atoms with Gasteiger partial charge < -0.3 is 9.84 Å². The van der Waals surface area contributed by atoms with Crippen molar-refractivity contribution in [1.29, 1.82) is 0 Å². The molecule has 0 bridgehead atoms. The highest BCUT2D eigenvalue weighted by Gasteiger charge is 2.43. The van der Waals surface area contributed by atoms with Crippen LogP contribution in [0.3, 0.4) is 0 Å². The number of carbonyl (C=O) groups excluding carboxylic acids is 1. The number of esters is 1. The molecular weight excluding hydrogens is 260 g/mol. The number of ether oxygens (including phenoxy) is 1. The zero-order chi connectivity index (χ0) is 14.9. The van der Waals surface area contributed by atoms with Gasteiger partial charge in [0.05, 0.1) is 12.0 Å². The van der Waals surface area contributed by atoms with Crippen molar-refractivity contribution >= 4 is 5.97 Å². The van der Waals surface area contributed by atoms with Crippen LogP contribution in [0.2, 0.25) is 0 Å². The van der Waals surface area contributed by atoms with Gasteiger partial charge in [-0.3, -0.25) is 5.26 Å². The van der Waals surface area contributed by atoms with Crippen LogP contribution in [0.1, 0.15) is 26.2 Å². The van der Waals surface area contributed by atoms with E-state index in [-0.39, 0.29) is 5.57 Å². The Morgan fingerprint density at radius 1 is 1.45 bits per heavy atom. The summed E-state index contributed by atoms with van der Waals surface area (Å²) in [6, 6.07) is 0. The van der Waals surface area contributed by atoms with E-state index in [2.05, 4.69) is 18.0 Å². The summed E-state index contributed by atoms with van der Waals surface area (Å²) in [5, 5.41) is 19.3. The summed E-state index contributed by atoms with van der Waals surface area (Å²) in [6.07, 6.45) is 1.46. The number of aliphatic hydroxyl groups is 1. The molecule has 0 spiro atoms. The molecule has 110 valence electrons. The Kier molecular flexibility index (Phi) is 4.42. The fourth-order valence-electron chi connectivity index (χ4n) is 2.80. The lowest BCUT2D eigenvalue weighted by molar-refractivity contribution is -0.270. The normalized spacial score (nSPS) is 38.0. The van der Waals surface area contributed by atoms with Crippen molar-refractivity contribution in [2.24, 2.45) is 5.92 Å². The summed E-state index contributed by atoms with van der Waals surface area (Å²) in [5.74, 6) is -0.967. The Hall–Kier alpha value is -1.43. The van der Waals surface area contributed by atoms with Gasteiger partial charge in [-0.2, -0.15) is 0 Å². The summed E-state index contributed by atoms with van der Waals surface area (Å²) in [4.78, 5) is 16.1. The lowest BCUT2D eigenvalue weighted by Gasteiger charge is -2.26. The molecule has 5 nitrogen and oxygen atoms in total. The minimum absolute atomic E-state index is 0.279. The number of allylic oxidation sites excluding steroid dienone is 1. The van der Waals surface area contributed by atoms with Gasteiger partial charge in [-0.05, 0) is 25.3 Å². The van der Waals surface area contributed by atoms with Crippen LogP contribution in [0.15, 0.2) is 36.0 Å². The van der Waals surface area contributed by atoms with E-state index in [4.69, 9.17) is 9.99 Å². The molecule has 5 heteroatoms. The second kappa shape index (κ2) is 5.91. The second-order valence-electron chi connectivity index (χ2n) is 5.49. The topological polar surface area (TPSA) is 76.0 Å². The lowest BCUT2D eigenvalue weighted by Crippen LogP contribution is -2.31. The van der Waals surface area contributed by atoms with Crippen molar-refractivity contribution in [2.75, 3.05) is 0 Å². The molecule has 4 atom stereocenters. The summed E-state index contributed by atoms with van der Waals surface area (Å²) >= 11 is 0. The van der Waals surface area contributed by atoms with Gasteiger partial charge in [-0.1, -0.05) is 24.8 Å². The van der Waals surface area contributed by atoms with E-state index in [1.807, 2.05) is 6.92 Å². The van der Waals surface area contributed by atoms with Gasteiger partial charge in [0, 0.05) is 12.0 Å². The molecule has 1 fully saturated rings. The van der Waals surface area contributed by atoms with Crippen molar-refractivity contribution in [1.82, 2.24) is 0 Å². The van der Waals surface area contributed by atoms with E-state index in [1.165, 1.54) is 0 Å². The molecule has 0 amide bonds. The highest BCUT2D eigenvalue weighted by Crippen LogP contribution is 2.36. The van der Waals surface area contributed by atoms with Crippen molar-refractivity contribution < 1.29 is 24.8 Å². The molecule has 1 aliphatic heterocycles. The Balaban J connectivity index is 2.32. The summed E-state index contributed by atoms with van der Waals surface area (Å²) in [5.41, 5.74) is 1.88. The van der Waals surface area contributed by atoms with Crippen LogP contribution >= 0.6 is 0 Å². The number of aliphatic hydroxyl groups excluding tert-OH is 1. The number of rotatable bonds is 1. The molecule has 0 aromatic rings. The van der Waals surface area contributed by atoms with Crippen molar-refractivity contribution in [2.45, 2.75) is 44.5 Å². The molecule has 2 rings (SSSR count). The van der Waals surface area contributed by atoms with Crippen LogP contribution in [0.25, 0.3) is 0 Å². The third-order valence-electron chi connectivity index (χ3n) is 3.99. The Morgan fingerprint density at radius 3 is 2.80 bits per heavy atom. The average molecular weight is 280 g/mol. The molecule has 2 aliphatic rings. The van der Waals surface area contributed by atoms with Gasteiger partial charge in [0.1, 0.15) is 12.2 Å². The van der Waals surface area contributed by atoms with Crippen LogP contribution in [0, 0.1) is 5.92 Å². The van der Waals surface area contributed by atoms with E-state index >= 15 is 0 Å². The first-order valence-electron chi connectivity index (χ1n) is 6.67. The maximum absolute atomic E-state index is 11.7. The molecule has 20 heavy (non-hydrogen) atoms. The van der Waals surface area contributed by atoms with Gasteiger partial charge >= 0.3 is 5.97 Å². The van der Waals surface area contributed by atoms with Crippen LogP contribution in [0.5, 0.6) is 0 Å². The zero-order valence-electron chi connectivity index (χ0n) is 11.5. The Bertz CT molecular complexity index is 465. The zero-order valence-corrected chi connectivity index (χ0v) is 11.5. The van der Waals surface area contributed by atoms with Crippen molar-refractivity contribution in [3.05, 3.63) is 36.0 Å². The molecule has 0 unspecified atom stereocenters. The van der Waals surface area contributed by atoms with Crippen LogP contribution in [-0.4, -0.2) is 34.6 Å². The summed E-state index contributed by atoms with van der Waals surface area (Å²) in [6.45, 7) is 9.49. The Labute approximate surface area is 118 Å². The molecular formula is C15H20O5. The minimum Gasteiger partial charge on any atom is -0.458 e.